The number of hydrogen-bond donors (Lipinski definition) is 1. The minimum atomic E-state index is -4.34. The smallest absolute Gasteiger partial charge is 0.380 e. The lowest BCUT2D eigenvalue weighted by molar-refractivity contribution is -0.137. The summed E-state index contributed by atoms with van der Waals surface area (Å²) in [5.41, 5.74) is -0.326. The second kappa shape index (κ2) is 4.97. The summed E-state index contributed by atoms with van der Waals surface area (Å²) in [4.78, 5) is 2.12. The molecule has 1 fully saturated rings. The number of nitrogens with one attached hydrogen (secondary N) is 1. The van der Waals surface area contributed by atoms with E-state index in [1.165, 1.54) is 6.07 Å². The summed E-state index contributed by atoms with van der Waals surface area (Å²) in [6.45, 7) is 1.75. The van der Waals surface area contributed by atoms with Crippen molar-refractivity contribution in [2.24, 2.45) is 0 Å². The average molecular weight is 279 g/mol. The molecule has 1 unspecified atom stereocenters. The van der Waals surface area contributed by atoms with E-state index < -0.39 is 11.7 Å². The molecule has 1 N–H and O–H groups in total. The normalized spacial score (nSPS) is 21.3. The lowest BCUT2D eigenvalue weighted by Crippen LogP contribution is -2.23. The Hall–Kier alpha value is -0.940. The zero-order valence-electron chi connectivity index (χ0n) is 9.89. The van der Waals surface area contributed by atoms with E-state index in [0.29, 0.717) is 10.7 Å². The molecular formula is C12H14ClF3N2. The second-order valence-corrected chi connectivity index (χ2v) is 4.99. The molecule has 1 aromatic carbocycles. The van der Waals surface area contributed by atoms with Crippen molar-refractivity contribution in [1.29, 1.82) is 0 Å². The van der Waals surface area contributed by atoms with Crippen molar-refractivity contribution < 1.29 is 13.2 Å². The van der Waals surface area contributed by atoms with Gasteiger partial charge in [0.25, 0.3) is 0 Å². The van der Waals surface area contributed by atoms with E-state index in [2.05, 4.69) is 10.2 Å². The number of anilines is 1. The van der Waals surface area contributed by atoms with E-state index in [9.17, 15) is 13.2 Å². The zero-order chi connectivity index (χ0) is 13.3. The lowest BCUT2D eigenvalue weighted by atomic mass is 10.1. The van der Waals surface area contributed by atoms with Crippen LogP contribution in [0.25, 0.3) is 0 Å². The van der Waals surface area contributed by atoms with Crippen LogP contribution in [0.4, 0.5) is 18.9 Å². The van der Waals surface area contributed by atoms with Crippen LogP contribution in [0.15, 0.2) is 18.2 Å². The fraction of sp³-hybridized carbons (Fsp3) is 0.500. The molecule has 1 aromatic rings. The standard InChI is InChI=1S/C12H14ClF3N2/c1-18-5-4-9(7-18)17-11-6-8(12(14,15)16)2-3-10(11)13/h2-3,6,9,17H,4-5,7H2,1H3. The lowest BCUT2D eigenvalue weighted by Gasteiger charge is -2.17. The van der Waals surface area contributed by atoms with Gasteiger partial charge >= 0.3 is 6.18 Å². The van der Waals surface area contributed by atoms with Gasteiger partial charge in [0.05, 0.1) is 16.3 Å². The summed E-state index contributed by atoms with van der Waals surface area (Å²) < 4.78 is 37.8. The summed E-state index contributed by atoms with van der Waals surface area (Å²) in [5.74, 6) is 0. The molecule has 1 atom stereocenters. The van der Waals surface area contributed by atoms with E-state index in [1.54, 1.807) is 0 Å². The largest absolute Gasteiger partial charge is 0.416 e. The average Bonchev–Trinajstić information content (AvgIpc) is 2.66. The predicted octanol–water partition coefficient (Wildman–Crippen LogP) is 3.47. The monoisotopic (exact) mass is 278 g/mol. The van der Waals surface area contributed by atoms with Gasteiger partial charge in [0.15, 0.2) is 0 Å². The zero-order valence-corrected chi connectivity index (χ0v) is 10.6. The van der Waals surface area contributed by atoms with Crippen molar-refractivity contribution in [2.75, 3.05) is 25.5 Å². The van der Waals surface area contributed by atoms with Crippen molar-refractivity contribution in [3.8, 4) is 0 Å². The summed E-state index contributed by atoms with van der Waals surface area (Å²) in [5, 5.41) is 3.40. The van der Waals surface area contributed by atoms with Gasteiger partial charge in [0.1, 0.15) is 0 Å². The van der Waals surface area contributed by atoms with Gasteiger partial charge in [-0.3, -0.25) is 0 Å². The first kappa shape index (κ1) is 13.5. The Balaban J connectivity index is 2.16. The molecule has 0 radical (unpaired) electrons. The van der Waals surface area contributed by atoms with Gasteiger partial charge in [0.2, 0.25) is 0 Å². The molecule has 0 spiro atoms. The SMILES string of the molecule is CN1CCC(Nc2cc(C(F)(F)F)ccc2Cl)C1. The Labute approximate surface area is 109 Å². The topological polar surface area (TPSA) is 15.3 Å². The maximum atomic E-state index is 12.6. The van der Waals surface area contributed by atoms with E-state index in [0.717, 1.165) is 31.6 Å². The van der Waals surface area contributed by atoms with Crippen molar-refractivity contribution in [3.63, 3.8) is 0 Å². The first-order valence-corrected chi connectivity index (χ1v) is 6.06. The van der Waals surface area contributed by atoms with Crippen LogP contribution in [0.1, 0.15) is 12.0 Å². The maximum Gasteiger partial charge on any atom is 0.416 e. The van der Waals surface area contributed by atoms with E-state index in [1.807, 2.05) is 7.05 Å². The van der Waals surface area contributed by atoms with Crippen LogP contribution in [0, 0.1) is 0 Å². The number of halogens is 4. The van der Waals surface area contributed by atoms with Gasteiger partial charge in [-0.2, -0.15) is 13.2 Å². The molecule has 0 amide bonds. The number of rotatable bonds is 2. The quantitative estimate of drug-likeness (QED) is 0.891. The van der Waals surface area contributed by atoms with Crippen molar-refractivity contribution in [3.05, 3.63) is 28.8 Å². The van der Waals surface area contributed by atoms with E-state index >= 15 is 0 Å². The highest BCUT2D eigenvalue weighted by Crippen LogP contribution is 2.34. The molecule has 1 aliphatic heterocycles. The van der Waals surface area contributed by atoms with E-state index in [4.69, 9.17) is 11.6 Å². The van der Waals surface area contributed by atoms with Crippen LogP contribution in [-0.2, 0) is 6.18 Å². The molecule has 1 heterocycles. The molecule has 1 saturated heterocycles. The van der Waals surface area contributed by atoms with Gasteiger partial charge in [-0.15, -0.1) is 0 Å². The van der Waals surface area contributed by atoms with Crippen LogP contribution in [0.3, 0.4) is 0 Å². The van der Waals surface area contributed by atoms with Gasteiger partial charge in [-0.1, -0.05) is 11.6 Å². The Kier molecular flexibility index (Phi) is 3.73. The molecule has 0 aromatic heterocycles. The maximum absolute atomic E-state index is 12.6. The fourth-order valence-corrected chi connectivity index (χ4v) is 2.26. The van der Waals surface area contributed by atoms with Crippen LogP contribution >= 0.6 is 11.6 Å². The minimum absolute atomic E-state index is 0.149. The summed E-state index contributed by atoms with van der Waals surface area (Å²) >= 11 is 5.92. The van der Waals surface area contributed by atoms with Crippen molar-refractivity contribution in [1.82, 2.24) is 4.90 Å². The molecule has 100 valence electrons. The number of nitrogens with zero attached hydrogens (tertiary/aromatic N) is 1. The van der Waals surface area contributed by atoms with Crippen LogP contribution in [0.2, 0.25) is 5.02 Å². The highest BCUT2D eigenvalue weighted by Gasteiger charge is 2.31. The van der Waals surface area contributed by atoms with Crippen LogP contribution < -0.4 is 5.32 Å². The van der Waals surface area contributed by atoms with Crippen molar-refractivity contribution in [2.45, 2.75) is 18.6 Å². The molecule has 6 heteroatoms. The number of likely N-dealkylation sites (N-methyl/N-ethyl adjacent to an activating group) is 1. The van der Waals surface area contributed by atoms with Gasteiger partial charge in [-0.25, -0.2) is 0 Å². The third kappa shape index (κ3) is 3.09. The molecule has 18 heavy (non-hydrogen) atoms. The molecule has 2 nitrogen and oxygen atoms in total. The summed E-state index contributed by atoms with van der Waals surface area (Å²) in [6, 6.07) is 3.50. The number of benzene rings is 1. The summed E-state index contributed by atoms with van der Waals surface area (Å²) in [6.07, 6.45) is -3.43. The Morgan fingerprint density at radius 1 is 1.39 bits per heavy atom. The molecule has 1 aliphatic rings. The Bertz CT molecular complexity index is 434. The Morgan fingerprint density at radius 3 is 2.67 bits per heavy atom. The van der Waals surface area contributed by atoms with Gasteiger partial charge in [0, 0.05) is 12.6 Å². The van der Waals surface area contributed by atoms with Crippen LogP contribution in [0.5, 0.6) is 0 Å². The molecule has 0 aliphatic carbocycles. The molecular weight excluding hydrogens is 265 g/mol. The van der Waals surface area contributed by atoms with E-state index in [-0.39, 0.29) is 6.04 Å². The first-order valence-electron chi connectivity index (χ1n) is 5.68. The molecule has 2 rings (SSSR count). The number of hydrogen-bond acceptors (Lipinski definition) is 2. The van der Waals surface area contributed by atoms with Crippen LogP contribution in [-0.4, -0.2) is 31.1 Å². The van der Waals surface area contributed by atoms with Gasteiger partial charge < -0.3 is 10.2 Å². The highest BCUT2D eigenvalue weighted by atomic mass is 35.5. The predicted molar refractivity (Wildman–Crippen MR) is 66.0 cm³/mol. The number of alkyl halides is 3. The highest BCUT2D eigenvalue weighted by molar-refractivity contribution is 6.33. The minimum Gasteiger partial charge on any atom is -0.380 e. The molecule has 0 saturated carbocycles. The Morgan fingerprint density at radius 2 is 2.11 bits per heavy atom. The first-order chi connectivity index (χ1) is 8.36. The number of likely N-dealkylation sites (tertiary alicyclic amines) is 1. The van der Waals surface area contributed by atoms with Gasteiger partial charge in [-0.05, 0) is 38.2 Å². The summed E-state index contributed by atoms with van der Waals surface area (Å²) in [7, 11) is 1.98. The third-order valence-electron chi connectivity index (χ3n) is 3.04. The molecule has 0 bridgehead atoms. The second-order valence-electron chi connectivity index (χ2n) is 4.58. The third-order valence-corrected chi connectivity index (χ3v) is 3.37. The van der Waals surface area contributed by atoms with Crippen molar-refractivity contribution >= 4 is 17.3 Å². The fourth-order valence-electron chi connectivity index (χ4n) is 2.08.